The Bertz CT molecular complexity index is 257. The second kappa shape index (κ2) is 5.94. The molecule has 0 bridgehead atoms. The Morgan fingerprint density at radius 2 is 2.14 bits per heavy atom. The van der Waals surface area contributed by atoms with Gasteiger partial charge in [0, 0.05) is 20.5 Å². The maximum absolute atomic E-state index is 11.0. The molecule has 0 aliphatic carbocycles. The second-order valence-electron chi connectivity index (χ2n) is 2.90. The molecule has 0 aliphatic heterocycles. The van der Waals surface area contributed by atoms with Crippen LogP contribution in [0.3, 0.4) is 0 Å². The standard InChI is InChI=1S/C8H12N3O3/c1-11(2)10-7(12)4-3-6(5-9)8(13)14/h6H,3-4H2,1-2H3,(H,13,14). The first-order chi connectivity index (χ1) is 6.47. The van der Waals surface area contributed by atoms with E-state index in [1.165, 1.54) is 5.01 Å². The fourth-order valence-corrected chi connectivity index (χ4v) is 0.784. The maximum atomic E-state index is 11.0. The van der Waals surface area contributed by atoms with Crippen LogP contribution in [0.2, 0.25) is 0 Å². The number of carbonyl (C=O) groups excluding carboxylic acids is 1. The van der Waals surface area contributed by atoms with E-state index in [1.807, 2.05) is 0 Å². The van der Waals surface area contributed by atoms with Gasteiger partial charge in [-0.05, 0) is 6.42 Å². The van der Waals surface area contributed by atoms with E-state index in [4.69, 9.17) is 10.4 Å². The van der Waals surface area contributed by atoms with Gasteiger partial charge in [-0.15, -0.1) is 0 Å². The highest BCUT2D eigenvalue weighted by Crippen LogP contribution is 2.05. The molecule has 6 heteroatoms. The number of carboxylic acid groups (broad SMARTS) is 1. The van der Waals surface area contributed by atoms with Crippen LogP contribution >= 0.6 is 0 Å². The van der Waals surface area contributed by atoms with Gasteiger partial charge in [-0.3, -0.25) is 9.59 Å². The third-order valence-corrected chi connectivity index (χ3v) is 1.41. The first-order valence-electron chi connectivity index (χ1n) is 4.01. The lowest BCUT2D eigenvalue weighted by Gasteiger charge is -2.07. The quantitative estimate of drug-likeness (QED) is 0.606. The topological polar surface area (TPSA) is 95.5 Å². The number of rotatable bonds is 5. The van der Waals surface area contributed by atoms with Crippen LogP contribution in [-0.2, 0) is 9.59 Å². The van der Waals surface area contributed by atoms with Crippen LogP contribution in [0.5, 0.6) is 0 Å². The minimum atomic E-state index is -1.20. The minimum absolute atomic E-state index is 0.00199. The molecule has 1 amide bonds. The molecule has 1 unspecified atom stereocenters. The Labute approximate surface area is 82.1 Å². The maximum Gasteiger partial charge on any atom is 0.320 e. The van der Waals surface area contributed by atoms with Crippen molar-refractivity contribution in [2.24, 2.45) is 5.92 Å². The van der Waals surface area contributed by atoms with Crippen molar-refractivity contribution in [3.63, 3.8) is 0 Å². The SMILES string of the molecule is CN(C)[N]C(=O)CCC(C#N)C(=O)O. The normalized spacial score (nSPS) is 11.9. The summed E-state index contributed by atoms with van der Waals surface area (Å²) in [7, 11) is 3.19. The zero-order chi connectivity index (χ0) is 11.1. The summed E-state index contributed by atoms with van der Waals surface area (Å²) in [4.78, 5) is 21.4. The Morgan fingerprint density at radius 1 is 1.57 bits per heavy atom. The smallest absolute Gasteiger partial charge is 0.320 e. The van der Waals surface area contributed by atoms with Crippen molar-refractivity contribution in [2.75, 3.05) is 14.1 Å². The molecule has 0 aromatic heterocycles. The van der Waals surface area contributed by atoms with E-state index in [2.05, 4.69) is 5.43 Å². The Morgan fingerprint density at radius 3 is 2.50 bits per heavy atom. The summed E-state index contributed by atoms with van der Waals surface area (Å²) in [5.74, 6) is -2.75. The van der Waals surface area contributed by atoms with Gasteiger partial charge in [0.1, 0.15) is 5.92 Å². The number of aliphatic carboxylic acids is 1. The summed E-state index contributed by atoms with van der Waals surface area (Å²) < 4.78 is 0. The van der Waals surface area contributed by atoms with Gasteiger partial charge in [-0.1, -0.05) is 0 Å². The van der Waals surface area contributed by atoms with Gasteiger partial charge < -0.3 is 5.11 Å². The minimum Gasteiger partial charge on any atom is -0.480 e. The molecule has 0 saturated carbocycles. The molecular formula is C8H12N3O3. The fourth-order valence-electron chi connectivity index (χ4n) is 0.784. The average Bonchev–Trinajstić information content (AvgIpc) is 2.03. The molecule has 0 fully saturated rings. The zero-order valence-electron chi connectivity index (χ0n) is 8.10. The number of carbonyl (C=O) groups is 2. The number of hydrogen-bond acceptors (Lipinski definition) is 4. The number of nitrogens with zero attached hydrogens (tertiary/aromatic N) is 3. The van der Waals surface area contributed by atoms with Crippen molar-refractivity contribution in [2.45, 2.75) is 12.8 Å². The van der Waals surface area contributed by atoms with E-state index in [0.717, 1.165) is 0 Å². The van der Waals surface area contributed by atoms with Crippen molar-refractivity contribution in [3.8, 4) is 6.07 Å². The molecule has 1 radical (unpaired) electrons. The number of amides is 1. The number of carboxylic acids is 1. The molecule has 0 aromatic carbocycles. The van der Waals surface area contributed by atoms with E-state index >= 15 is 0 Å². The van der Waals surface area contributed by atoms with Crippen LogP contribution < -0.4 is 5.43 Å². The van der Waals surface area contributed by atoms with Gasteiger partial charge in [-0.2, -0.15) is 10.7 Å². The second-order valence-corrected chi connectivity index (χ2v) is 2.90. The van der Waals surface area contributed by atoms with Gasteiger partial charge >= 0.3 is 5.97 Å². The summed E-state index contributed by atoms with van der Waals surface area (Å²) in [5.41, 5.74) is 3.54. The van der Waals surface area contributed by atoms with Crippen LogP contribution in [0.4, 0.5) is 0 Å². The highest BCUT2D eigenvalue weighted by molar-refractivity contribution is 5.77. The van der Waals surface area contributed by atoms with E-state index in [9.17, 15) is 9.59 Å². The number of nitriles is 1. The molecule has 1 atom stereocenters. The highest BCUT2D eigenvalue weighted by Gasteiger charge is 2.18. The molecule has 0 aliphatic rings. The summed E-state index contributed by atoms with van der Waals surface area (Å²) in [6, 6.07) is 1.60. The first-order valence-corrected chi connectivity index (χ1v) is 4.01. The Balaban J connectivity index is 3.88. The lowest BCUT2D eigenvalue weighted by molar-refractivity contribution is -0.140. The fraction of sp³-hybridized carbons (Fsp3) is 0.625. The van der Waals surface area contributed by atoms with Crippen LogP contribution in [0, 0.1) is 17.2 Å². The third kappa shape index (κ3) is 5.11. The molecule has 6 nitrogen and oxygen atoms in total. The van der Waals surface area contributed by atoms with E-state index in [-0.39, 0.29) is 12.8 Å². The molecule has 0 saturated heterocycles. The van der Waals surface area contributed by atoms with Gasteiger partial charge in [-0.25, -0.2) is 5.01 Å². The monoisotopic (exact) mass is 198 g/mol. The van der Waals surface area contributed by atoms with Gasteiger partial charge in [0.15, 0.2) is 0 Å². The Kier molecular flexibility index (Phi) is 5.26. The summed E-state index contributed by atoms with van der Waals surface area (Å²) in [6.07, 6.45) is -0.0231. The average molecular weight is 198 g/mol. The molecule has 0 aromatic rings. The van der Waals surface area contributed by atoms with Crippen molar-refractivity contribution >= 4 is 11.9 Å². The summed E-state index contributed by atoms with van der Waals surface area (Å²) in [6.45, 7) is 0. The van der Waals surface area contributed by atoms with Crippen LogP contribution in [0.25, 0.3) is 0 Å². The molecule has 0 rings (SSSR count). The van der Waals surface area contributed by atoms with Crippen LogP contribution in [0.1, 0.15) is 12.8 Å². The predicted octanol–water partition coefficient (Wildman–Crippen LogP) is -0.401. The first kappa shape index (κ1) is 12.4. The van der Waals surface area contributed by atoms with Gasteiger partial charge in [0.05, 0.1) is 6.07 Å². The predicted molar refractivity (Wildman–Crippen MR) is 46.8 cm³/mol. The molecule has 0 spiro atoms. The van der Waals surface area contributed by atoms with Crippen molar-refractivity contribution in [1.82, 2.24) is 10.4 Å². The van der Waals surface area contributed by atoms with Crippen LogP contribution in [0.15, 0.2) is 0 Å². The van der Waals surface area contributed by atoms with E-state index in [1.54, 1.807) is 20.2 Å². The van der Waals surface area contributed by atoms with E-state index in [0.29, 0.717) is 0 Å². The summed E-state index contributed by atoms with van der Waals surface area (Å²) >= 11 is 0. The van der Waals surface area contributed by atoms with Crippen LogP contribution in [-0.4, -0.2) is 36.1 Å². The largest absolute Gasteiger partial charge is 0.480 e. The molecule has 77 valence electrons. The summed E-state index contributed by atoms with van der Waals surface area (Å²) in [5, 5.41) is 18.2. The van der Waals surface area contributed by atoms with Gasteiger partial charge in [0.2, 0.25) is 0 Å². The lowest BCUT2D eigenvalue weighted by Crippen LogP contribution is -2.29. The van der Waals surface area contributed by atoms with Crippen molar-refractivity contribution < 1.29 is 14.7 Å². The Hall–Kier alpha value is -1.61. The zero-order valence-corrected chi connectivity index (χ0v) is 8.10. The molecule has 1 N–H and O–H groups in total. The highest BCUT2D eigenvalue weighted by atomic mass is 16.4. The molecular weight excluding hydrogens is 186 g/mol. The van der Waals surface area contributed by atoms with E-state index < -0.39 is 17.8 Å². The van der Waals surface area contributed by atoms with Crippen molar-refractivity contribution in [1.29, 1.82) is 5.26 Å². The van der Waals surface area contributed by atoms with Crippen molar-refractivity contribution in [3.05, 3.63) is 0 Å². The third-order valence-electron chi connectivity index (χ3n) is 1.41. The number of hydrogen-bond donors (Lipinski definition) is 1. The lowest BCUT2D eigenvalue weighted by atomic mass is 10.1. The molecule has 0 heterocycles. The van der Waals surface area contributed by atoms with Gasteiger partial charge in [0.25, 0.3) is 5.91 Å². The molecule has 14 heavy (non-hydrogen) atoms.